The van der Waals surface area contributed by atoms with Gasteiger partial charge in [-0.25, -0.2) is 0 Å². The molecule has 0 bridgehead atoms. The number of ether oxygens (including phenoxy) is 1. The second kappa shape index (κ2) is 36.8. The van der Waals surface area contributed by atoms with Gasteiger partial charge in [-0.05, 0) is 210 Å². The highest BCUT2D eigenvalue weighted by atomic mass is 32.2. The third kappa shape index (κ3) is 14.9. The molecular formula is C131H106B3N7O7S. The van der Waals surface area contributed by atoms with Gasteiger partial charge in [-0.3, -0.25) is 43.7 Å². The topological polar surface area (TPSA) is 167 Å². The van der Waals surface area contributed by atoms with E-state index in [1.807, 2.05) is 0 Å². The van der Waals surface area contributed by atoms with Gasteiger partial charge in [0.15, 0.2) is 32.6 Å². The number of aromatic nitrogens is 6. The predicted octanol–water partition coefficient (Wildman–Crippen LogP) is 23.8. The molecule has 18 heteroatoms. The molecule has 24 aromatic rings. The lowest BCUT2D eigenvalue weighted by Gasteiger charge is -2.39. The molecule has 3 aliphatic rings. The molecule has 0 N–H and O–H groups in total. The molecule has 4 atom stereocenters. The maximum atomic E-state index is 15.7. The van der Waals surface area contributed by atoms with Crippen LogP contribution in [0.1, 0.15) is 275 Å². The van der Waals surface area contributed by atoms with Crippen LogP contribution in [0.25, 0.3) is 137 Å². The van der Waals surface area contributed by atoms with Crippen molar-refractivity contribution in [2.75, 3.05) is 4.90 Å². The van der Waals surface area contributed by atoms with Crippen molar-refractivity contribution in [1.29, 1.82) is 0 Å². The number of anilines is 3. The fourth-order valence-electron chi connectivity index (χ4n) is 19.7. The van der Waals surface area contributed by atoms with E-state index in [4.69, 9.17) is 84.2 Å². The Morgan fingerprint density at radius 1 is 0.309 bits per heavy atom. The van der Waals surface area contributed by atoms with Crippen molar-refractivity contribution in [3.8, 4) is 33.8 Å². The monoisotopic (exact) mass is 2040 g/mol. The van der Waals surface area contributed by atoms with Crippen molar-refractivity contribution >= 4 is 212 Å². The molecule has 27 rings (SSSR count). The van der Waals surface area contributed by atoms with Crippen molar-refractivity contribution < 1.29 is 116 Å². The number of benzene rings is 15. The van der Waals surface area contributed by atoms with Crippen LogP contribution in [0, 0.1) is 6.92 Å². The van der Waals surface area contributed by atoms with Crippen LogP contribution in [0.15, 0.2) is 384 Å². The Hall–Kier alpha value is -16.7. The first-order valence-electron chi connectivity index (χ1n) is 84.6. The summed E-state index contributed by atoms with van der Waals surface area (Å²) in [5.41, 5.74) is -33.4. The number of hydrogen-bond donors (Lipinski definition) is 0. The lowest BCUT2D eigenvalue weighted by Crippen LogP contribution is -2.59. The van der Waals surface area contributed by atoms with Gasteiger partial charge >= 0.3 is 0 Å². The Morgan fingerprint density at radius 3 is 1.12 bits per heavy atom. The molecule has 0 radical (unpaired) electrons. The predicted molar refractivity (Wildman–Crippen MR) is 626 cm³/mol. The van der Waals surface area contributed by atoms with E-state index in [-0.39, 0.29) is 44.8 Å². The summed E-state index contributed by atoms with van der Waals surface area (Å²) in [7, 11) is 0. The van der Waals surface area contributed by atoms with Crippen LogP contribution in [0.5, 0.6) is 11.5 Å². The summed E-state index contributed by atoms with van der Waals surface area (Å²) in [6.07, 6.45) is -5.92. The molecule has 0 aliphatic carbocycles. The number of rotatable bonds is 12. The zero-order valence-corrected chi connectivity index (χ0v) is 76.9. The Labute approximate surface area is 981 Å². The normalized spacial score (nSPS) is 22.9. The summed E-state index contributed by atoms with van der Waals surface area (Å²) < 4.78 is 732. The van der Waals surface area contributed by atoms with Gasteiger partial charge in [0.05, 0.1) is 152 Å². The van der Waals surface area contributed by atoms with Crippen LogP contribution >= 0.6 is 11.8 Å². The molecule has 12 heterocycles. The van der Waals surface area contributed by atoms with Crippen LogP contribution in [-0.2, 0) is 0 Å². The van der Waals surface area contributed by atoms with Gasteiger partial charge < -0.3 is 22.8 Å². The van der Waals surface area contributed by atoms with Gasteiger partial charge in [0.1, 0.15) is 11.5 Å². The fourth-order valence-corrected chi connectivity index (χ4v) is 20.7. The summed E-state index contributed by atoms with van der Waals surface area (Å²) in [5, 5.41) is -10.2. The third-order valence-electron chi connectivity index (χ3n) is 25.7. The molecule has 3 aliphatic heterocycles. The number of fused-ring (bicyclic) bond motifs is 18. The summed E-state index contributed by atoms with van der Waals surface area (Å²) in [5.74, 6) is -22.9. The molecule has 9 aromatic heterocycles. The Bertz CT molecular complexity index is 14700. The lowest BCUT2D eigenvalue weighted by atomic mass is 9.33. The number of hydrogen-bond acceptors (Lipinski definition) is 12. The second-order valence-electron chi connectivity index (χ2n) is 34.2. The lowest BCUT2D eigenvalue weighted by molar-refractivity contribution is 0.488. The van der Waals surface area contributed by atoms with E-state index in [1.165, 1.54) is 19.1 Å². The van der Waals surface area contributed by atoms with E-state index >= 15 is 14.4 Å². The first-order chi connectivity index (χ1) is 105. The molecule has 14 nitrogen and oxygen atoms in total. The molecule has 15 aromatic carbocycles. The van der Waals surface area contributed by atoms with Crippen molar-refractivity contribution in [1.82, 2.24) is 28.2 Å². The van der Waals surface area contributed by atoms with Gasteiger partial charge in [0.2, 0.25) is 13.4 Å². The van der Waals surface area contributed by atoms with E-state index in [2.05, 4.69) is 15.0 Å². The molecule has 149 heavy (non-hydrogen) atoms. The standard InChI is InChI=1S/C46H40BN3O2.C44H27BN2O2S.C40H35BN2O3.CH4/c1-26(2)29-20-32(27(3)4)43(33(21-29)28(5)6)47-37-17-11-13-19-40(37)49(30-14-8-7-9-15-30)42-23-41-34(22-38(42)47)46(52)36-25-48-24-35-44(36)50(41)39-18-12-10-16-31(39)45(35)51;1-26-20-30(27-12-4-2-5-13-27)41(31(21-26)28-14-6-3-7-15-28)45-35-17-9-11-19-39(35)50-40-23-38-32(22-36(40)45)44(49)34-25-46-24-33-42(34)47(38)37-18-10-8-16-29(37)43(33)48;1-21(2)24-15-26(22(3)4)37(27(16-24)23(5)6)41-31-12-8-10-14-35(31)46-36-18-34-28(17-32(36)41)40(45)30-20-42-19-29-38(30)43(34)33-13-9-7-11-25(33)39(29)44;/h7-28H,1-6H3;2-25H,1H3;7-23H,1-6H3;1H4/i1D3,2D3,3D3,5D3,7D,8D,9D,10D,11D,12D,13D,14D,15D,16D,17D,18D,19D,22D,23D,24D,25D,26D,27D,28D;2D,3D,4D,5D,6D,7D,8D,9D,10D,11D,12D,13D,14D,15D,16D,17D,18D,19D,22D,23D,24D,25D;1D3,2D3,3D3,5D3,7D,8D,9D,10D,11D,12D,13D,14D,17D,18D,19D,20D,21D,22D,23D;. The van der Waals surface area contributed by atoms with Crippen molar-refractivity contribution in [2.24, 2.45) is 0 Å². The first kappa shape index (κ1) is 40.9. The van der Waals surface area contributed by atoms with Crippen molar-refractivity contribution in [3.05, 3.63) is 446 Å². The molecular weight excluding hydrogens is 1850 g/mol. The highest BCUT2D eigenvalue weighted by Gasteiger charge is 2.43. The third-order valence-corrected chi connectivity index (χ3v) is 26.8. The van der Waals surface area contributed by atoms with E-state index < -0.39 is 677 Å². The highest BCUT2D eigenvalue weighted by Crippen LogP contribution is 2.44. The summed E-state index contributed by atoms with van der Waals surface area (Å²) in [6.45, 7) is -33.4. The van der Waals surface area contributed by atoms with E-state index in [1.54, 1.807) is 0 Å². The maximum Gasteiger partial charge on any atom is 0.251 e. The zero-order chi connectivity index (χ0) is 171. The summed E-state index contributed by atoms with van der Waals surface area (Å²) in [6, 6.07) is -39.6. The van der Waals surface area contributed by atoms with Crippen LogP contribution in [0.2, 0.25) is 0 Å². The van der Waals surface area contributed by atoms with E-state index in [9.17, 15) is 45.9 Å². The molecule has 722 valence electrons. The smallest absolute Gasteiger partial charge is 0.251 e. The SMILES string of the molecule is C.[2H]c1c([2H])c([2H])c(-c2cc(C)cc(-c3c([2H])c([2H])c([2H])c([2H])c3[2H])c2B2c3c([2H])c([2H])c([2H])c([2H])c3Sc3c2c([2H])c2c(=O)c4c([2H])nc([2H])c5c(=O)c6c([2H])c([2H])c([2H])c([2H])c6n(c2c3[2H])c54)c([2H])c1[2H].[2H]c1c([2H])c([2H])c(N2c3c([2H])c([2H])c([2H])c([2H])c3B(c3c(C([2H])(C)C([2H])([2H])[2H])cc(C([2H])(C([2H])([2H])[2H])C([2H])([2H])[2H])cc3C([2H])(C)C([2H])([2H])[2H])c3c2c([2H])c2c(c3[2H])c(=O)c3c([2H])nc([2H])c4c(=O)c5c([2H])c([2H])c([2H])c([2H])c5n2c43)c([2H])c1[2H].[2H]c1c([2H])c([2H])c2c(c1[2H])Oc1c(c([2H])c3c(=O)c4c([2H])nc([2H])c5c(=O)c6c([2H])c([2H])c([2H])c([2H])c6n(c3c1[2H])c54)B2c1c(C([2H])(C)C([2H])([2H])[2H])cc(C([2H])(C([2H])([2H])[2H])C([2H])([2H])[2H])cc1C([2H])(C)C([2H])([2H])[2H]. The Balaban J connectivity index is 0.000000167. The van der Waals surface area contributed by atoms with E-state index in [0.29, 0.717) is 73.0 Å². The van der Waals surface area contributed by atoms with Crippen LogP contribution in [0.4, 0.5) is 17.1 Å². The Morgan fingerprint density at radius 2 is 0.664 bits per heavy atom. The molecule has 0 saturated carbocycles. The molecule has 0 saturated heterocycles. The van der Waals surface area contributed by atoms with Gasteiger partial charge in [-0.1, -0.05) is 347 Å². The maximum absolute atomic E-state index is 15.7. The number of para-hydroxylation sites is 6. The minimum Gasteiger partial charge on any atom is -0.458 e. The zero-order valence-electron chi connectivity index (χ0n) is 157. The van der Waals surface area contributed by atoms with Crippen molar-refractivity contribution in [2.45, 2.75) is 142 Å². The average Bonchev–Trinajstić information content (AvgIpc) is 0.667. The minimum atomic E-state index is -3.98. The van der Waals surface area contributed by atoms with Crippen LogP contribution in [0.3, 0.4) is 0 Å². The summed E-state index contributed by atoms with van der Waals surface area (Å²) >= 11 is 0.531. The Kier molecular flexibility index (Phi) is 10.1. The first-order valence-corrected chi connectivity index (χ1v) is 44.9. The van der Waals surface area contributed by atoms with Crippen molar-refractivity contribution in [3.63, 3.8) is 0 Å². The van der Waals surface area contributed by atoms with Crippen LogP contribution in [-0.4, -0.2) is 48.3 Å². The number of nitrogens with zero attached hydrogens (tertiary/aromatic N) is 7. The van der Waals surface area contributed by atoms with Gasteiger partial charge in [-0.2, -0.15) is 0 Å². The fraction of sp³-hybridized carbons (Fsp3) is 0.153. The van der Waals surface area contributed by atoms with Gasteiger partial charge in [-0.15, -0.1) is 0 Å². The molecule has 4 unspecified atom stereocenters. The molecule has 0 fully saturated rings. The van der Waals surface area contributed by atoms with Gasteiger partial charge in [0, 0.05) is 143 Å². The minimum absolute atomic E-state index is 0. The number of pyridine rings is 9. The van der Waals surface area contributed by atoms with Crippen LogP contribution < -0.4 is 91.4 Å². The second-order valence-corrected chi connectivity index (χ2v) is 35.2. The largest absolute Gasteiger partial charge is 0.458 e. The summed E-state index contributed by atoms with van der Waals surface area (Å²) in [4.78, 5) is 100. The highest BCUT2D eigenvalue weighted by molar-refractivity contribution is 8.00. The molecule has 0 spiro atoms. The van der Waals surface area contributed by atoms with E-state index in [0.717, 1.165) is 8.80 Å². The quantitative estimate of drug-likeness (QED) is 0.0646. The number of aryl methyl sites for hydroxylation is 1. The van der Waals surface area contributed by atoms with Gasteiger partial charge in [0.25, 0.3) is 6.71 Å². The molecule has 0 amide bonds. The average molecular weight is 2040 g/mol.